The third-order valence-electron chi connectivity index (χ3n) is 2.78. The van der Waals surface area contributed by atoms with Crippen LogP contribution < -0.4 is 5.73 Å². The molecule has 2 N–H and O–H groups in total. The van der Waals surface area contributed by atoms with E-state index in [1.165, 1.54) is 0 Å². The molecule has 88 valence electrons. The van der Waals surface area contributed by atoms with Gasteiger partial charge in [0.25, 0.3) is 0 Å². The molecule has 1 fully saturated rings. The number of rotatable bonds is 4. The highest BCUT2D eigenvalue weighted by Crippen LogP contribution is 2.25. The SMILES string of the molecule is C=CCC(N)c1nc(C2CCOCC2)no1. The monoisotopic (exact) mass is 223 g/mol. The van der Waals surface area contributed by atoms with Crippen LogP contribution in [0.5, 0.6) is 0 Å². The van der Waals surface area contributed by atoms with E-state index in [2.05, 4.69) is 16.7 Å². The number of nitrogens with zero attached hydrogens (tertiary/aromatic N) is 2. The first kappa shape index (κ1) is 11.3. The second kappa shape index (κ2) is 5.23. The summed E-state index contributed by atoms with van der Waals surface area (Å²) in [6.45, 7) is 5.18. The lowest BCUT2D eigenvalue weighted by atomic mass is 10.00. The highest BCUT2D eigenvalue weighted by molar-refractivity contribution is 5.00. The summed E-state index contributed by atoms with van der Waals surface area (Å²) in [7, 11) is 0. The molecule has 16 heavy (non-hydrogen) atoms. The molecular weight excluding hydrogens is 206 g/mol. The van der Waals surface area contributed by atoms with Crippen LogP contribution in [0.3, 0.4) is 0 Å². The smallest absolute Gasteiger partial charge is 0.243 e. The molecule has 0 spiro atoms. The van der Waals surface area contributed by atoms with Gasteiger partial charge in [-0.25, -0.2) is 0 Å². The van der Waals surface area contributed by atoms with Gasteiger partial charge in [-0.3, -0.25) is 0 Å². The molecule has 0 amide bonds. The molecule has 5 heteroatoms. The number of aromatic nitrogens is 2. The summed E-state index contributed by atoms with van der Waals surface area (Å²) in [5.74, 6) is 1.61. The fourth-order valence-corrected chi connectivity index (χ4v) is 1.80. The minimum absolute atomic E-state index is 0.237. The second-order valence-corrected chi connectivity index (χ2v) is 4.01. The van der Waals surface area contributed by atoms with E-state index in [0.717, 1.165) is 31.9 Å². The van der Waals surface area contributed by atoms with Crippen LogP contribution in [0.15, 0.2) is 17.2 Å². The van der Waals surface area contributed by atoms with Crippen LogP contribution >= 0.6 is 0 Å². The van der Waals surface area contributed by atoms with Crippen molar-refractivity contribution < 1.29 is 9.26 Å². The lowest BCUT2D eigenvalue weighted by Crippen LogP contribution is -2.15. The van der Waals surface area contributed by atoms with Gasteiger partial charge in [-0.1, -0.05) is 11.2 Å². The lowest BCUT2D eigenvalue weighted by molar-refractivity contribution is 0.0830. The number of hydrogen-bond donors (Lipinski definition) is 1. The van der Waals surface area contributed by atoms with E-state index in [4.69, 9.17) is 15.0 Å². The van der Waals surface area contributed by atoms with Gasteiger partial charge in [-0.05, 0) is 19.3 Å². The van der Waals surface area contributed by atoms with Crippen molar-refractivity contribution in [1.29, 1.82) is 0 Å². The van der Waals surface area contributed by atoms with Crippen LogP contribution in [0.2, 0.25) is 0 Å². The van der Waals surface area contributed by atoms with Crippen molar-refractivity contribution in [2.45, 2.75) is 31.2 Å². The molecule has 0 radical (unpaired) electrons. The Morgan fingerprint density at radius 3 is 2.94 bits per heavy atom. The van der Waals surface area contributed by atoms with E-state index in [9.17, 15) is 0 Å². The maximum Gasteiger partial charge on any atom is 0.243 e. The van der Waals surface area contributed by atoms with Crippen LogP contribution in [0.25, 0.3) is 0 Å². The standard InChI is InChI=1S/C11H17N3O2/c1-2-3-9(12)11-13-10(14-16-11)8-4-6-15-7-5-8/h2,8-9H,1,3-7,12H2. The van der Waals surface area contributed by atoms with Crippen molar-refractivity contribution in [3.05, 3.63) is 24.4 Å². The highest BCUT2D eigenvalue weighted by atomic mass is 16.5. The molecule has 1 aromatic heterocycles. The first-order valence-corrected chi connectivity index (χ1v) is 5.59. The highest BCUT2D eigenvalue weighted by Gasteiger charge is 2.22. The molecular formula is C11H17N3O2. The van der Waals surface area contributed by atoms with Gasteiger partial charge >= 0.3 is 0 Å². The van der Waals surface area contributed by atoms with Crippen molar-refractivity contribution in [2.75, 3.05) is 13.2 Å². The summed E-state index contributed by atoms with van der Waals surface area (Å²) < 4.78 is 10.4. The van der Waals surface area contributed by atoms with Crippen molar-refractivity contribution >= 4 is 0 Å². The molecule has 0 bridgehead atoms. The largest absolute Gasteiger partial charge is 0.381 e. The van der Waals surface area contributed by atoms with Gasteiger partial charge in [0.05, 0.1) is 6.04 Å². The molecule has 1 aliphatic rings. The topological polar surface area (TPSA) is 74.2 Å². The zero-order valence-corrected chi connectivity index (χ0v) is 9.26. The molecule has 0 saturated carbocycles. The minimum Gasteiger partial charge on any atom is -0.381 e. The maximum absolute atomic E-state index is 5.86. The number of hydrogen-bond acceptors (Lipinski definition) is 5. The Labute approximate surface area is 94.7 Å². The lowest BCUT2D eigenvalue weighted by Gasteiger charge is -2.18. The Hall–Kier alpha value is -1.20. The predicted molar refractivity (Wildman–Crippen MR) is 58.8 cm³/mol. The molecule has 0 aliphatic carbocycles. The summed E-state index contributed by atoms with van der Waals surface area (Å²) in [4.78, 5) is 4.35. The second-order valence-electron chi connectivity index (χ2n) is 4.01. The Morgan fingerprint density at radius 1 is 1.50 bits per heavy atom. The van der Waals surface area contributed by atoms with Crippen LogP contribution in [0, 0.1) is 0 Å². The summed E-state index contributed by atoms with van der Waals surface area (Å²) >= 11 is 0. The number of ether oxygens (including phenoxy) is 1. The van der Waals surface area contributed by atoms with Gasteiger partial charge < -0.3 is 15.0 Å². The average molecular weight is 223 g/mol. The number of nitrogens with two attached hydrogens (primary N) is 1. The summed E-state index contributed by atoms with van der Waals surface area (Å²) in [6, 6.07) is -0.237. The van der Waals surface area contributed by atoms with E-state index in [-0.39, 0.29) is 6.04 Å². The summed E-state index contributed by atoms with van der Waals surface area (Å²) in [5, 5.41) is 3.99. The Morgan fingerprint density at radius 2 is 2.25 bits per heavy atom. The van der Waals surface area contributed by atoms with Crippen LogP contribution in [0.4, 0.5) is 0 Å². The molecule has 1 aliphatic heterocycles. The third kappa shape index (κ3) is 2.48. The van der Waals surface area contributed by atoms with Crippen molar-refractivity contribution in [1.82, 2.24) is 10.1 Å². The molecule has 1 aromatic rings. The van der Waals surface area contributed by atoms with E-state index < -0.39 is 0 Å². The van der Waals surface area contributed by atoms with Gasteiger partial charge in [-0.15, -0.1) is 6.58 Å². The zero-order chi connectivity index (χ0) is 11.4. The molecule has 5 nitrogen and oxygen atoms in total. The Kier molecular flexibility index (Phi) is 3.69. The van der Waals surface area contributed by atoms with Crippen LogP contribution in [-0.4, -0.2) is 23.4 Å². The maximum atomic E-state index is 5.86. The summed E-state index contributed by atoms with van der Waals surface area (Å²) in [5.41, 5.74) is 5.86. The van der Waals surface area contributed by atoms with Crippen LogP contribution in [0.1, 0.15) is 42.9 Å². The average Bonchev–Trinajstić information content (AvgIpc) is 2.80. The first-order valence-electron chi connectivity index (χ1n) is 5.59. The van der Waals surface area contributed by atoms with E-state index in [0.29, 0.717) is 18.2 Å². The van der Waals surface area contributed by atoms with Gasteiger partial charge in [0, 0.05) is 19.1 Å². The van der Waals surface area contributed by atoms with Crippen molar-refractivity contribution in [2.24, 2.45) is 5.73 Å². The summed E-state index contributed by atoms with van der Waals surface area (Å²) in [6.07, 6.45) is 4.31. The van der Waals surface area contributed by atoms with E-state index in [1.54, 1.807) is 6.08 Å². The molecule has 2 rings (SSSR count). The van der Waals surface area contributed by atoms with Crippen LogP contribution in [-0.2, 0) is 4.74 Å². The fraction of sp³-hybridized carbons (Fsp3) is 0.636. The van der Waals surface area contributed by atoms with Gasteiger partial charge in [0.2, 0.25) is 5.89 Å². The van der Waals surface area contributed by atoms with E-state index in [1.807, 2.05) is 0 Å². The Bertz CT molecular complexity index is 345. The normalized spacial score (nSPS) is 19.6. The zero-order valence-electron chi connectivity index (χ0n) is 9.26. The van der Waals surface area contributed by atoms with Gasteiger partial charge in [0.1, 0.15) is 0 Å². The van der Waals surface area contributed by atoms with Gasteiger partial charge in [0.15, 0.2) is 5.82 Å². The quantitative estimate of drug-likeness (QED) is 0.784. The van der Waals surface area contributed by atoms with E-state index >= 15 is 0 Å². The Balaban J connectivity index is 2.03. The van der Waals surface area contributed by atoms with Crippen molar-refractivity contribution in [3.63, 3.8) is 0 Å². The van der Waals surface area contributed by atoms with Gasteiger partial charge in [-0.2, -0.15) is 4.98 Å². The fourth-order valence-electron chi connectivity index (χ4n) is 1.80. The molecule has 0 aromatic carbocycles. The molecule has 2 heterocycles. The minimum atomic E-state index is -0.237. The third-order valence-corrected chi connectivity index (χ3v) is 2.78. The molecule has 1 saturated heterocycles. The van der Waals surface area contributed by atoms with Crippen molar-refractivity contribution in [3.8, 4) is 0 Å². The molecule has 1 unspecified atom stereocenters. The first-order chi connectivity index (χ1) is 7.81. The predicted octanol–water partition coefficient (Wildman–Crippen LogP) is 1.54. The molecule has 1 atom stereocenters.